The van der Waals surface area contributed by atoms with Crippen LogP contribution in [-0.4, -0.2) is 45.8 Å². The van der Waals surface area contributed by atoms with Gasteiger partial charge in [-0.05, 0) is 36.5 Å². The van der Waals surface area contributed by atoms with Gasteiger partial charge in [-0.25, -0.2) is 4.79 Å². The zero-order valence-electron chi connectivity index (χ0n) is 16.9. The van der Waals surface area contributed by atoms with Crippen LogP contribution in [0.1, 0.15) is 25.8 Å². The number of ether oxygens (including phenoxy) is 2. The number of carbonyl (C=O) groups is 2. The molecule has 1 aromatic rings. The van der Waals surface area contributed by atoms with Gasteiger partial charge in [0.15, 0.2) is 0 Å². The predicted octanol–water partition coefficient (Wildman–Crippen LogP) is 1.84. The highest BCUT2D eigenvalue weighted by Crippen LogP contribution is 2.19. The lowest BCUT2D eigenvalue weighted by atomic mass is 9.75. The van der Waals surface area contributed by atoms with Gasteiger partial charge in [0.1, 0.15) is 18.4 Å². The molecule has 1 rings (SSSR count). The van der Waals surface area contributed by atoms with Gasteiger partial charge in [0.2, 0.25) is 5.91 Å². The first-order chi connectivity index (χ1) is 13.4. The molecule has 0 aliphatic carbocycles. The molecule has 0 heterocycles. The number of nitrogens with two attached hydrogens (primary N) is 1. The number of esters is 1. The molecule has 1 amide bonds. The van der Waals surface area contributed by atoms with Crippen LogP contribution in [0.15, 0.2) is 36.9 Å². The van der Waals surface area contributed by atoms with E-state index in [0.717, 1.165) is 11.3 Å². The van der Waals surface area contributed by atoms with E-state index < -0.39 is 17.8 Å². The van der Waals surface area contributed by atoms with E-state index in [4.69, 9.17) is 19.9 Å². The second kappa shape index (κ2) is 13.0. The van der Waals surface area contributed by atoms with Crippen molar-refractivity contribution in [2.24, 2.45) is 11.7 Å². The Morgan fingerprint density at radius 2 is 1.96 bits per heavy atom. The van der Waals surface area contributed by atoms with Crippen molar-refractivity contribution in [2.45, 2.75) is 38.5 Å². The fourth-order valence-corrected chi connectivity index (χ4v) is 2.61. The molecule has 1 radical (unpaired) electrons. The number of methoxy groups -OCH3 is 1. The molecule has 3 N–H and O–H groups in total. The van der Waals surface area contributed by atoms with Crippen molar-refractivity contribution in [3.8, 4) is 5.75 Å². The standard InChI is InChI=1S/C20H30BN2O5/c1-5-10-27-16-8-6-15(7-9-16)12-17(21-28-13-22)19(24)23-18(11-14(2)3)20(25)26-4/h5-9,14,17-18H,1,10-13,22H2,2-4H3,(H,23,24)/t17-,18-/m0/s1. The topological polar surface area (TPSA) is 99.9 Å². The van der Waals surface area contributed by atoms with Crippen LogP contribution in [0.5, 0.6) is 5.75 Å². The molecule has 0 unspecified atom stereocenters. The minimum absolute atomic E-state index is 0.0372. The highest BCUT2D eigenvalue weighted by atomic mass is 16.5. The molecule has 0 fully saturated rings. The number of benzene rings is 1. The van der Waals surface area contributed by atoms with Crippen molar-refractivity contribution >= 4 is 19.4 Å². The van der Waals surface area contributed by atoms with Crippen LogP contribution in [0.3, 0.4) is 0 Å². The fourth-order valence-electron chi connectivity index (χ4n) is 2.61. The zero-order valence-corrected chi connectivity index (χ0v) is 16.9. The van der Waals surface area contributed by atoms with Crippen LogP contribution in [0.25, 0.3) is 0 Å². The first-order valence-electron chi connectivity index (χ1n) is 9.27. The average molecular weight is 389 g/mol. The smallest absolute Gasteiger partial charge is 0.328 e. The van der Waals surface area contributed by atoms with Crippen molar-refractivity contribution < 1.29 is 23.7 Å². The van der Waals surface area contributed by atoms with Gasteiger partial charge in [0, 0.05) is 5.82 Å². The first-order valence-corrected chi connectivity index (χ1v) is 9.27. The van der Waals surface area contributed by atoms with Crippen LogP contribution in [0.4, 0.5) is 0 Å². The third-order valence-electron chi connectivity index (χ3n) is 3.95. The number of amides is 1. The maximum absolute atomic E-state index is 12.8. The Hall–Kier alpha value is -2.32. The minimum atomic E-state index is -0.707. The van der Waals surface area contributed by atoms with Gasteiger partial charge in [-0.2, -0.15) is 0 Å². The molecule has 0 bridgehead atoms. The summed E-state index contributed by atoms with van der Waals surface area (Å²) >= 11 is 0. The molecule has 8 heteroatoms. The molecule has 1 aromatic carbocycles. The summed E-state index contributed by atoms with van der Waals surface area (Å²) in [7, 11) is 2.71. The monoisotopic (exact) mass is 389 g/mol. The van der Waals surface area contributed by atoms with Gasteiger partial charge in [0.25, 0.3) is 0 Å². The Kier molecular flexibility index (Phi) is 11.0. The summed E-state index contributed by atoms with van der Waals surface area (Å²) < 4.78 is 15.4. The molecule has 0 aromatic heterocycles. The molecule has 0 aliphatic rings. The Morgan fingerprint density at radius 3 is 2.50 bits per heavy atom. The average Bonchev–Trinajstić information content (AvgIpc) is 2.68. The van der Waals surface area contributed by atoms with Crippen molar-refractivity contribution in [2.75, 3.05) is 20.4 Å². The first kappa shape index (κ1) is 23.7. The Balaban J connectivity index is 2.82. The molecule has 0 spiro atoms. The van der Waals surface area contributed by atoms with Crippen LogP contribution < -0.4 is 15.8 Å². The molecule has 0 saturated carbocycles. The number of hydrogen-bond acceptors (Lipinski definition) is 6. The predicted molar refractivity (Wildman–Crippen MR) is 109 cm³/mol. The van der Waals surface area contributed by atoms with E-state index in [1.165, 1.54) is 14.6 Å². The third kappa shape index (κ3) is 8.58. The Bertz CT molecular complexity index is 622. The SMILES string of the molecule is C=CCOc1ccc(C[C@H]([B]OCN)C(=O)N[C@@H](CC(C)C)C(=O)OC)cc1. The van der Waals surface area contributed by atoms with Gasteiger partial charge in [-0.3, -0.25) is 4.79 Å². The molecular formula is C20H30BN2O5. The summed E-state index contributed by atoms with van der Waals surface area (Å²) in [5, 5.41) is 2.77. The van der Waals surface area contributed by atoms with E-state index in [0.29, 0.717) is 19.4 Å². The fraction of sp³-hybridized carbons (Fsp3) is 0.500. The highest BCUT2D eigenvalue weighted by Gasteiger charge is 2.28. The second-order valence-electron chi connectivity index (χ2n) is 6.74. The number of hydrogen-bond donors (Lipinski definition) is 2. The largest absolute Gasteiger partial charge is 0.490 e. The van der Waals surface area contributed by atoms with Gasteiger partial charge in [0.05, 0.1) is 13.8 Å². The number of rotatable bonds is 13. The van der Waals surface area contributed by atoms with E-state index in [1.54, 1.807) is 6.08 Å². The number of carbonyl (C=O) groups excluding carboxylic acids is 2. The van der Waals surface area contributed by atoms with Crippen molar-refractivity contribution in [3.63, 3.8) is 0 Å². The van der Waals surface area contributed by atoms with E-state index in [-0.39, 0.29) is 18.6 Å². The minimum Gasteiger partial charge on any atom is -0.490 e. The summed E-state index contributed by atoms with van der Waals surface area (Å²) in [5.41, 5.74) is 6.31. The van der Waals surface area contributed by atoms with Crippen molar-refractivity contribution in [1.29, 1.82) is 0 Å². The summed E-state index contributed by atoms with van der Waals surface area (Å²) in [4.78, 5) is 24.7. The van der Waals surface area contributed by atoms with Crippen LogP contribution in [-0.2, 0) is 25.4 Å². The molecule has 28 heavy (non-hydrogen) atoms. The quantitative estimate of drug-likeness (QED) is 0.231. The normalized spacial score (nSPS) is 12.8. The molecule has 2 atom stereocenters. The van der Waals surface area contributed by atoms with Gasteiger partial charge in [-0.1, -0.05) is 38.6 Å². The molecule has 7 nitrogen and oxygen atoms in total. The summed E-state index contributed by atoms with van der Waals surface area (Å²) in [6, 6.07) is 6.70. The molecule has 0 saturated heterocycles. The van der Waals surface area contributed by atoms with Crippen LogP contribution >= 0.6 is 0 Å². The zero-order chi connectivity index (χ0) is 20.9. The third-order valence-corrected chi connectivity index (χ3v) is 3.95. The van der Waals surface area contributed by atoms with E-state index in [9.17, 15) is 9.59 Å². The maximum atomic E-state index is 12.8. The molecular weight excluding hydrogens is 359 g/mol. The van der Waals surface area contributed by atoms with Crippen molar-refractivity contribution in [3.05, 3.63) is 42.5 Å². The van der Waals surface area contributed by atoms with Crippen LogP contribution in [0.2, 0.25) is 5.82 Å². The lowest BCUT2D eigenvalue weighted by Gasteiger charge is -2.22. The highest BCUT2D eigenvalue weighted by molar-refractivity contribution is 6.37. The Labute approximate surface area is 167 Å². The Morgan fingerprint density at radius 1 is 1.29 bits per heavy atom. The second-order valence-corrected chi connectivity index (χ2v) is 6.74. The maximum Gasteiger partial charge on any atom is 0.328 e. The number of nitrogens with one attached hydrogen (secondary N) is 1. The van der Waals surface area contributed by atoms with Gasteiger partial charge < -0.3 is 25.2 Å². The van der Waals surface area contributed by atoms with Crippen molar-refractivity contribution in [1.82, 2.24) is 5.32 Å². The summed E-state index contributed by atoms with van der Waals surface area (Å²) in [6.45, 7) is 7.94. The lowest BCUT2D eigenvalue weighted by molar-refractivity contribution is -0.145. The van der Waals surface area contributed by atoms with Gasteiger partial charge >= 0.3 is 13.5 Å². The molecule has 0 aliphatic heterocycles. The van der Waals surface area contributed by atoms with E-state index in [1.807, 2.05) is 38.1 Å². The van der Waals surface area contributed by atoms with Crippen LogP contribution in [0, 0.1) is 5.92 Å². The molecule has 153 valence electrons. The lowest BCUT2D eigenvalue weighted by Crippen LogP contribution is -2.45. The van der Waals surface area contributed by atoms with Gasteiger partial charge in [-0.15, -0.1) is 0 Å². The van der Waals surface area contributed by atoms with E-state index in [2.05, 4.69) is 11.9 Å². The summed E-state index contributed by atoms with van der Waals surface area (Å²) in [6.07, 6.45) is 2.55. The van der Waals surface area contributed by atoms with E-state index >= 15 is 0 Å². The summed E-state index contributed by atoms with van der Waals surface area (Å²) in [5.74, 6) is -0.465.